The molecule has 6 heteroatoms. The Balaban J connectivity index is 2.13. The molecule has 6 nitrogen and oxygen atoms in total. The summed E-state index contributed by atoms with van der Waals surface area (Å²) < 4.78 is 5.51. The monoisotopic (exact) mass is 342 g/mol. The minimum atomic E-state index is -0.869. The van der Waals surface area contributed by atoms with Gasteiger partial charge in [0.15, 0.2) is 11.9 Å². The van der Waals surface area contributed by atoms with Crippen LogP contribution in [0.4, 0.5) is 11.4 Å². The molecule has 0 bridgehead atoms. The number of nitrogens with zero attached hydrogens (tertiary/aromatic N) is 1. The molecule has 0 unspecified atom stereocenters. The van der Waals surface area contributed by atoms with E-state index in [1.54, 1.807) is 19.1 Å². The van der Waals surface area contributed by atoms with E-state index in [-0.39, 0.29) is 17.3 Å². The van der Waals surface area contributed by atoms with Crippen LogP contribution in [0.2, 0.25) is 0 Å². The second kappa shape index (κ2) is 8.28. The van der Waals surface area contributed by atoms with Crippen LogP contribution in [0.5, 0.6) is 5.75 Å². The molecule has 2 aromatic carbocycles. The van der Waals surface area contributed by atoms with Crippen LogP contribution in [0.15, 0.2) is 48.5 Å². The van der Waals surface area contributed by atoms with Gasteiger partial charge in [0, 0.05) is 11.8 Å². The number of benzene rings is 2. The summed E-state index contributed by atoms with van der Waals surface area (Å²) in [5.41, 5.74) is 1.62. The maximum Gasteiger partial charge on any atom is 0.310 e. The molecule has 2 aromatic rings. The van der Waals surface area contributed by atoms with Crippen LogP contribution in [0, 0.1) is 10.1 Å². The van der Waals surface area contributed by atoms with Crippen LogP contribution in [0.25, 0.3) is 0 Å². The Labute approximate surface area is 147 Å². The fourth-order valence-electron chi connectivity index (χ4n) is 2.45. The van der Waals surface area contributed by atoms with E-state index in [2.05, 4.69) is 19.2 Å². The lowest BCUT2D eigenvalue weighted by Crippen LogP contribution is -2.30. The van der Waals surface area contributed by atoms with Gasteiger partial charge in [-0.05, 0) is 37.0 Å². The number of nitro groups is 1. The second-order valence-electron chi connectivity index (χ2n) is 5.87. The van der Waals surface area contributed by atoms with Gasteiger partial charge in [-0.15, -0.1) is 0 Å². The number of hydrogen-bond acceptors (Lipinski definition) is 4. The number of rotatable bonds is 7. The molecule has 1 amide bonds. The molecule has 0 fully saturated rings. The predicted octanol–water partition coefficient (Wildman–Crippen LogP) is 4.51. The molecule has 0 heterocycles. The second-order valence-corrected chi connectivity index (χ2v) is 5.87. The van der Waals surface area contributed by atoms with E-state index < -0.39 is 11.0 Å². The summed E-state index contributed by atoms with van der Waals surface area (Å²) in [4.78, 5) is 23.0. The average molecular weight is 342 g/mol. The van der Waals surface area contributed by atoms with Gasteiger partial charge in [-0.1, -0.05) is 44.2 Å². The summed E-state index contributed by atoms with van der Waals surface area (Å²) in [7, 11) is 0. The van der Waals surface area contributed by atoms with Crippen molar-refractivity contribution in [2.75, 3.05) is 5.32 Å². The number of nitro benzene ring substituents is 1. The molecule has 25 heavy (non-hydrogen) atoms. The summed E-state index contributed by atoms with van der Waals surface area (Å²) in [5, 5.41) is 13.9. The summed E-state index contributed by atoms with van der Waals surface area (Å²) in [6, 6.07) is 13.6. The van der Waals surface area contributed by atoms with E-state index in [9.17, 15) is 14.9 Å². The first-order valence-electron chi connectivity index (χ1n) is 8.23. The van der Waals surface area contributed by atoms with Gasteiger partial charge >= 0.3 is 5.69 Å². The quantitative estimate of drug-likeness (QED) is 0.593. The maximum atomic E-state index is 12.5. The Kier molecular flexibility index (Phi) is 6.11. The van der Waals surface area contributed by atoms with Gasteiger partial charge in [0.25, 0.3) is 5.91 Å². The molecular formula is C19H22N2O4. The number of hydrogen-bond donors (Lipinski definition) is 1. The van der Waals surface area contributed by atoms with Crippen molar-refractivity contribution < 1.29 is 14.5 Å². The number of ether oxygens (including phenoxy) is 1. The van der Waals surface area contributed by atoms with Crippen molar-refractivity contribution in [3.05, 3.63) is 64.2 Å². The van der Waals surface area contributed by atoms with E-state index in [4.69, 9.17) is 4.74 Å². The van der Waals surface area contributed by atoms with Gasteiger partial charge in [-0.25, -0.2) is 0 Å². The fourth-order valence-corrected chi connectivity index (χ4v) is 2.45. The molecule has 0 saturated carbocycles. The lowest BCUT2D eigenvalue weighted by atomic mass is 9.97. The zero-order valence-electron chi connectivity index (χ0n) is 14.6. The molecule has 0 aliphatic carbocycles. The number of carbonyl (C=O) groups excluding carboxylic acids is 1. The minimum absolute atomic E-state index is 0.0744. The molecule has 0 aromatic heterocycles. The van der Waals surface area contributed by atoms with E-state index in [0.29, 0.717) is 5.92 Å². The minimum Gasteiger partial charge on any atom is -0.474 e. The summed E-state index contributed by atoms with van der Waals surface area (Å²) in [6.07, 6.45) is 0.0842. The molecule has 132 valence electrons. The van der Waals surface area contributed by atoms with Crippen molar-refractivity contribution in [1.82, 2.24) is 0 Å². The molecule has 0 spiro atoms. The van der Waals surface area contributed by atoms with Gasteiger partial charge in [-0.2, -0.15) is 0 Å². The number of para-hydroxylation sites is 3. The molecule has 1 N–H and O–H groups in total. The highest BCUT2D eigenvalue weighted by molar-refractivity contribution is 5.95. The Morgan fingerprint density at radius 2 is 1.80 bits per heavy atom. The van der Waals surface area contributed by atoms with Gasteiger partial charge in [0.1, 0.15) is 0 Å². The third-order valence-corrected chi connectivity index (χ3v) is 4.10. The number of anilines is 1. The summed E-state index contributed by atoms with van der Waals surface area (Å²) in [6.45, 7) is 5.75. The molecule has 2 atom stereocenters. The third-order valence-electron chi connectivity index (χ3n) is 4.10. The van der Waals surface area contributed by atoms with Crippen LogP contribution < -0.4 is 10.1 Å². The zero-order valence-corrected chi connectivity index (χ0v) is 14.6. The molecule has 2 rings (SSSR count). The predicted molar refractivity (Wildman–Crippen MR) is 97.0 cm³/mol. The van der Waals surface area contributed by atoms with Crippen LogP contribution in [0.3, 0.4) is 0 Å². The number of nitrogens with one attached hydrogen (secondary N) is 1. The first-order valence-corrected chi connectivity index (χ1v) is 8.23. The van der Waals surface area contributed by atoms with E-state index in [1.807, 2.05) is 24.3 Å². The fraction of sp³-hybridized carbons (Fsp3) is 0.316. The SMILES string of the molecule is CC[C@H](C)c1ccccc1NC(=O)[C@@H](C)Oc1ccccc1[N+](=O)[O-]. The van der Waals surface area contributed by atoms with Crippen molar-refractivity contribution in [3.8, 4) is 5.75 Å². The highest BCUT2D eigenvalue weighted by Crippen LogP contribution is 2.28. The van der Waals surface area contributed by atoms with E-state index >= 15 is 0 Å². The number of carbonyl (C=O) groups is 1. The summed E-state index contributed by atoms with van der Waals surface area (Å²) in [5.74, 6) is 0.0298. The first-order chi connectivity index (χ1) is 11.9. The van der Waals surface area contributed by atoms with Gasteiger partial charge < -0.3 is 10.1 Å². The third kappa shape index (κ3) is 4.56. The normalized spacial score (nSPS) is 12.9. The lowest BCUT2D eigenvalue weighted by Gasteiger charge is -2.18. The van der Waals surface area contributed by atoms with Gasteiger partial charge in [-0.3, -0.25) is 14.9 Å². The van der Waals surface area contributed by atoms with Crippen molar-refractivity contribution in [3.63, 3.8) is 0 Å². The van der Waals surface area contributed by atoms with E-state index in [1.165, 1.54) is 12.1 Å². The molecule has 0 radical (unpaired) electrons. The lowest BCUT2D eigenvalue weighted by molar-refractivity contribution is -0.386. The highest BCUT2D eigenvalue weighted by Gasteiger charge is 2.21. The van der Waals surface area contributed by atoms with Crippen LogP contribution in [-0.4, -0.2) is 16.9 Å². The first kappa shape index (κ1) is 18.4. The zero-order chi connectivity index (χ0) is 18.4. The Morgan fingerprint density at radius 1 is 1.16 bits per heavy atom. The average Bonchev–Trinajstić information content (AvgIpc) is 2.61. The molecule has 0 saturated heterocycles. The van der Waals surface area contributed by atoms with E-state index in [0.717, 1.165) is 17.7 Å². The van der Waals surface area contributed by atoms with Crippen LogP contribution in [-0.2, 0) is 4.79 Å². The largest absolute Gasteiger partial charge is 0.474 e. The topological polar surface area (TPSA) is 81.5 Å². The summed E-state index contributed by atoms with van der Waals surface area (Å²) >= 11 is 0. The standard InChI is InChI=1S/C19H22N2O4/c1-4-13(2)15-9-5-6-10-16(15)20-19(22)14(3)25-18-12-8-7-11-17(18)21(23)24/h5-14H,4H2,1-3H3,(H,20,22)/t13-,14+/m0/s1. The Hall–Kier alpha value is -2.89. The van der Waals surface area contributed by atoms with Crippen molar-refractivity contribution >= 4 is 17.3 Å². The van der Waals surface area contributed by atoms with Crippen LogP contribution >= 0.6 is 0 Å². The van der Waals surface area contributed by atoms with Crippen molar-refractivity contribution in [2.45, 2.75) is 39.2 Å². The smallest absolute Gasteiger partial charge is 0.310 e. The number of amides is 1. The molecular weight excluding hydrogens is 320 g/mol. The van der Waals surface area contributed by atoms with Gasteiger partial charge in [0.05, 0.1) is 4.92 Å². The van der Waals surface area contributed by atoms with Crippen molar-refractivity contribution in [2.24, 2.45) is 0 Å². The van der Waals surface area contributed by atoms with Gasteiger partial charge in [0.2, 0.25) is 0 Å². The van der Waals surface area contributed by atoms with Crippen molar-refractivity contribution in [1.29, 1.82) is 0 Å². The Morgan fingerprint density at radius 3 is 2.48 bits per heavy atom. The highest BCUT2D eigenvalue weighted by atomic mass is 16.6. The molecule has 0 aliphatic rings. The van der Waals surface area contributed by atoms with Crippen LogP contribution in [0.1, 0.15) is 38.7 Å². The Bertz CT molecular complexity index is 761. The molecule has 0 aliphatic heterocycles. The maximum absolute atomic E-state index is 12.5.